The molecule has 0 bridgehead atoms. The van der Waals surface area contributed by atoms with E-state index in [-0.39, 0.29) is 15.7 Å². The van der Waals surface area contributed by atoms with Crippen molar-refractivity contribution in [3.05, 3.63) is 35.7 Å². The molecule has 0 saturated carbocycles. The SMILES string of the molecule is CC(C)NCC(C)Oc1cc(F)cc(/C=C/C(=O)I)c1. The van der Waals surface area contributed by atoms with Crippen LogP contribution in [0.25, 0.3) is 6.08 Å². The molecule has 5 heteroatoms. The number of halogens is 2. The zero-order chi connectivity index (χ0) is 15.1. The Morgan fingerprint density at radius 2 is 2.10 bits per heavy atom. The first-order valence-electron chi connectivity index (χ1n) is 6.45. The maximum absolute atomic E-state index is 13.5. The summed E-state index contributed by atoms with van der Waals surface area (Å²) in [4.78, 5) is 10.9. The molecule has 1 atom stereocenters. The van der Waals surface area contributed by atoms with Crippen LogP contribution in [0.4, 0.5) is 4.39 Å². The number of carbonyl (C=O) groups is 1. The molecule has 1 unspecified atom stereocenters. The van der Waals surface area contributed by atoms with Crippen molar-refractivity contribution in [1.82, 2.24) is 5.32 Å². The Labute approximate surface area is 132 Å². The summed E-state index contributed by atoms with van der Waals surface area (Å²) in [7, 11) is 0. The van der Waals surface area contributed by atoms with E-state index in [4.69, 9.17) is 4.74 Å². The molecule has 0 aliphatic carbocycles. The molecule has 20 heavy (non-hydrogen) atoms. The zero-order valence-electron chi connectivity index (χ0n) is 11.8. The van der Waals surface area contributed by atoms with Gasteiger partial charge in [0, 0.05) is 41.2 Å². The minimum absolute atomic E-state index is 0.0674. The van der Waals surface area contributed by atoms with Crippen LogP contribution in [0.2, 0.25) is 0 Å². The van der Waals surface area contributed by atoms with E-state index in [1.165, 1.54) is 18.2 Å². The van der Waals surface area contributed by atoms with Crippen molar-refractivity contribution in [1.29, 1.82) is 0 Å². The highest BCUT2D eigenvalue weighted by Gasteiger charge is 2.07. The van der Waals surface area contributed by atoms with E-state index in [1.54, 1.807) is 34.7 Å². The highest BCUT2D eigenvalue weighted by atomic mass is 127. The minimum Gasteiger partial charge on any atom is -0.489 e. The van der Waals surface area contributed by atoms with Crippen LogP contribution in [0.3, 0.4) is 0 Å². The summed E-state index contributed by atoms with van der Waals surface area (Å²) in [6, 6.07) is 4.79. The Morgan fingerprint density at radius 3 is 2.70 bits per heavy atom. The number of nitrogens with one attached hydrogen (secondary N) is 1. The smallest absolute Gasteiger partial charge is 0.215 e. The van der Waals surface area contributed by atoms with Gasteiger partial charge in [0.1, 0.15) is 17.7 Å². The third-order valence-corrected chi connectivity index (χ3v) is 2.81. The van der Waals surface area contributed by atoms with E-state index in [1.807, 2.05) is 6.92 Å². The summed E-state index contributed by atoms with van der Waals surface area (Å²) in [5, 5.41) is 3.26. The zero-order valence-corrected chi connectivity index (χ0v) is 14.0. The van der Waals surface area contributed by atoms with Crippen molar-refractivity contribution in [3.63, 3.8) is 0 Å². The van der Waals surface area contributed by atoms with Crippen LogP contribution in [0, 0.1) is 5.82 Å². The number of ether oxygens (including phenoxy) is 1. The Hall–Kier alpha value is -0.950. The summed E-state index contributed by atoms with van der Waals surface area (Å²) >= 11 is 1.66. The van der Waals surface area contributed by atoms with Crippen LogP contribution in [0.15, 0.2) is 24.3 Å². The minimum atomic E-state index is -0.382. The highest BCUT2D eigenvalue weighted by Crippen LogP contribution is 2.19. The lowest BCUT2D eigenvalue weighted by Crippen LogP contribution is -2.33. The second-order valence-electron chi connectivity index (χ2n) is 4.85. The molecule has 110 valence electrons. The van der Waals surface area contributed by atoms with Gasteiger partial charge in [-0.15, -0.1) is 0 Å². The first kappa shape index (κ1) is 17.1. The van der Waals surface area contributed by atoms with Crippen molar-refractivity contribution >= 4 is 32.5 Å². The van der Waals surface area contributed by atoms with Gasteiger partial charge in [0.15, 0.2) is 0 Å². The van der Waals surface area contributed by atoms with Gasteiger partial charge in [0.25, 0.3) is 0 Å². The molecule has 0 aliphatic heterocycles. The van der Waals surface area contributed by atoms with E-state index in [0.29, 0.717) is 23.9 Å². The molecular weight excluding hydrogens is 372 g/mol. The number of benzene rings is 1. The molecule has 0 amide bonds. The average molecular weight is 391 g/mol. The second kappa shape index (κ2) is 8.36. The standard InChI is InChI=1S/C15H19FINO2/c1-10(2)18-9-11(3)20-14-7-12(4-5-15(17)19)6-13(16)8-14/h4-8,10-11,18H,9H2,1-3H3/b5-4+. The second-order valence-corrected chi connectivity index (χ2v) is 5.91. The summed E-state index contributed by atoms with van der Waals surface area (Å²) in [5.41, 5.74) is 0.606. The van der Waals surface area contributed by atoms with Crippen molar-refractivity contribution in [3.8, 4) is 5.75 Å². The predicted molar refractivity (Wildman–Crippen MR) is 87.7 cm³/mol. The lowest BCUT2D eigenvalue weighted by atomic mass is 10.2. The fourth-order valence-electron chi connectivity index (χ4n) is 1.59. The molecule has 0 aromatic heterocycles. The monoisotopic (exact) mass is 391 g/mol. The number of allylic oxidation sites excluding steroid dienone is 1. The lowest BCUT2D eigenvalue weighted by Gasteiger charge is -2.17. The maximum Gasteiger partial charge on any atom is 0.215 e. The Balaban J connectivity index is 2.72. The van der Waals surface area contributed by atoms with E-state index < -0.39 is 0 Å². The Morgan fingerprint density at radius 1 is 1.40 bits per heavy atom. The molecule has 0 saturated heterocycles. The normalized spacial score (nSPS) is 12.9. The first-order valence-corrected chi connectivity index (χ1v) is 7.53. The quantitative estimate of drug-likeness (QED) is 0.439. The predicted octanol–water partition coefficient (Wildman–Crippen LogP) is 3.57. The number of hydrogen-bond donors (Lipinski definition) is 1. The first-order chi connectivity index (χ1) is 9.36. The molecule has 3 nitrogen and oxygen atoms in total. The fourth-order valence-corrected chi connectivity index (χ4v) is 1.77. The van der Waals surface area contributed by atoms with Gasteiger partial charge in [-0.1, -0.05) is 19.9 Å². The van der Waals surface area contributed by atoms with Crippen molar-refractivity contribution in [2.45, 2.75) is 32.9 Å². The summed E-state index contributed by atoms with van der Waals surface area (Å²) in [5.74, 6) is 0.0793. The van der Waals surface area contributed by atoms with Crippen LogP contribution in [-0.2, 0) is 4.79 Å². The van der Waals surface area contributed by atoms with Gasteiger partial charge in [-0.25, -0.2) is 4.39 Å². The van der Waals surface area contributed by atoms with Crippen molar-refractivity contribution < 1.29 is 13.9 Å². The van der Waals surface area contributed by atoms with Gasteiger partial charge in [-0.05, 0) is 30.7 Å². The maximum atomic E-state index is 13.5. The van der Waals surface area contributed by atoms with Crippen LogP contribution < -0.4 is 10.1 Å². The fraction of sp³-hybridized carbons (Fsp3) is 0.400. The van der Waals surface area contributed by atoms with Gasteiger partial charge in [-0.3, -0.25) is 4.79 Å². The van der Waals surface area contributed by atoms with Gasteiger partial charge in [0.2, 0.25) is 3.79 Å². The molecular formula is C15H19FINO2. The van der Waals surface area contributed by atoms with Crippen LogP contribution >= 0.6 is 22.6 Å². The number of hydrogen-bond acceptors (Lipinski definition) is 3. The third kappa shape index (κ3) is 7.00. The molecule has 0 fully saturated rings. The highest BCUT2D eigenvalue weighted by molar-refractivity contribution is 14.1. The molecule has 1 aromatic rings. The van der Waals surface area contributed by atoms with Crippen LogP contribution in [0.1, 0.15) is 26.3 Å². The van der Waals surface area contributed by atoms with Crippen molar-refractivity contribution in [2.24, 2.45) is 0 Å². The molecule has 1 N–H and O–H groups in total. The largest absolute Gasteiger partial charge is 0.489 e. The van der Waals surface area contributed by atoms with E-state index in [2.05, 4.69) is 19.2 Å². The van der Waals surface area contributed by atoms with E-state index in [0.717, 1.165) is 0 Å². The molecule has 0 heterocycles. The van der Waals surface area contributed by atoms with E-state index in [9.17, 15) is 9.18 Å². The van der Waals surface area contributed by atoms with Crippen LogP contribution in [0.5, 0.6) is 5.75 Å². The number of rotatable bonds is 7. The van der Waals surface area contributed by atoms with Gasteiger partial charge in [0.05, 0.1) is 0 Å². The lowest BCUT2D eigenvalue weighted by molar-refractivity contribution is -0.105. The molecule has 0 spiro atoms. The topological polar surface area (TPSA) is 38.3 Å². The van der Waals surface area contributed by atoms with Gasteiger partial charge < -0.3 is 10.1 Å². The Kier molecular flexibility index (Phi) is 7.15. The van der Waals surface area contributed by atoms with Crippen molar-refractivity contribution in [2.75, 3.05) is 6.54 Å². The number of carbonyl (C=O) groups excluding carboxylic acids is 1. The molecule has 1 aromatic carbocycles. The van der Waals surface area contributed by atoms with E-state index >= 15 is 0 Å². The summed E-state index contributed by atoms with van der Waals surface area (Å²) < 4.78 is 19.1. The van der Waals surface area contributed by atoms with Gasteiger partial charge in [-0.2, -0.15) is 0 Å². The average Bonchev–Trinajstić information content (AvgIpc) is 2.33. The summed E-state index contributed by atoms with van der Waals surface area (Å²) in [6.07, 6.45) is 2.90. The molecule has 0 radical (unpaired) electrons. The third-order valence-electron chi connectivity index (χ3n) is 2.45. The molecule has 1 rings (SSSR count). The van der Waals surface area contributed by atoms with Gasteiger partial charge >= 0.3 is 0 Å². The van der Waals surface area contributed by atoms with Crippen LogP contribution in [-0.4, -0.2) is 22.5 Å². The summed E-state index contributed by atoms with van der Waals surface area (Å²) in [6.45, 7) is 6.72. The Bertz CT molecular complexity index is 489. The molecule has 0 aliphatic rings.